The summed E-state index contributed by atoms with van der Waals surface area (Å²) in [5, 5.41) is 9.85. The van der Waals surface area contributed by atoms with Crippen LogP contribution >= 0.6 is 0 Å². The minimum atomic E-state index is -3.34. The van der Waals surface area contributed by atoms with Gasteiger partial charge in [-0.1, -0.05) is 75.5 Å². The lowest BCUT2D eigenvalue weighted by molar-refractivity contribution is 0.166. The number of aliphatic hydroxyl groups is 1. The van der Waals surface area contributed by atoms with Gasteiger partial charge in [0.05, 0.1) is 11.0 Å². The van der Waals surface area contributed by atoms with Crippen LogP contribution in [0, 0.1) is 11.8 Å². The van der Waals surface area contributed by atoms with Crippen LogP contribution in [0.5, 0.6) is 0 Å². The molecule has 0 saturated heterocycles. The molecule has 3 nitrogen and oxygen atoms in total. The average Bonchev–Trinajstić information content (AvgIpc) is 2.56. The highest BCUT2D eigenvalue weighted by atomic mass is 32.2. The third-order valence-electron chi connectivity index (χ3n) is 3.72. The first-order valence-electron chi connectivity index (χ1n) is 8.48. The van der Waals surface area contributed by atoms with Gasteiger partial charge in [0.25, 0.3) is 0 Å². The van der Waals surface area contributed by atoms with Gasteiger partial charge >= 0.3 is 0 Å². The van der Waals surface area contributed by atoms with E-state index in [4.69, 9.17) is 0 Å². The van der Waals surface area contributed by atoms with Gasteiger partial charge < -0.3 is 5.11 Å². The van der Waals surface area contributed by atoms with Crippen molar-refractivity contribution in [2.75, 3.05) is 5.75 Å². The molecule has 0 aromatic heterocycles. The van der Waals surface area contributed by atoms with Crippen molar-refractivity contribution in [3.05, 3.63) is 30.3 Å². The Morgan fingerprint density at radius 2 is 1.65 bits per heavy atom. The van der Waals surface area contributed by atoms with Crippen LogP contribution in [0.1, 0.15) is 58.3 Å². The summed E-state index contributed by atoms with van der Waals surface area (Å²) in [4.78, 5) is 0.293. The Morgan fingerprint density at radius 3 is 2.35 bits per heavy atom. The molecule has 23 heavy (non-hydrogen) atoms. The molecule has 0 aliphatic carbocycles. The fourth-order valence-corrected chi connectivity index (χ4v) is 3.34. The molecule has 1 unspecified atom stereocenters. The molecule has 0 saturated carbocycles. The van der Waals surface area contributed by atoms with Crippen molar-refractivity contribution in [1.29, 1.82) is 0 Å². The average molecular weight is 336 g/mol. The smallest absolute Gasteiger partial charge is 0.189 e. The number of aliphatic hydroxyl groups excluding tert-OH is 1. The number of hydrogen-bond donors (Lipinski definition) is 1. The lowest BCUT2D eigenvalue weighted by Crippen LogP contribution is -2.06. The second-order valence-electron chi connectivity index (χ2n) is 5.84. The molecule has 1 rings (SSSR count). The highest BCUT2D eigenvalue weighted by molar-refractivity contribution is 7.91. The Morgan fingerprint density at radius 1 is 1.00 bits per heavy atom. The standard InChI is InChI=1S/C19H28O3S/c1-2-3-4-5-6-8-13-18(20)14-11-12-17-23(21,22)19-15-9-7-10-16-19/h7,9-10,15-16,18,20H,2-6,8,13-14,17H2,1H3. The van der Waals surface area contributed by atoms with Crippen LogP contribution < -0.4 is 0 Å². The second kappa shape index (κ2) is 11.3. The van der Waals surface area contributed by atoms with Crippen molar-refractivity contribution in [3.63, 3.8) is 0 Å². The number of unbranched alkanes of at least 4 members (excludes halogenated alkanes) is 5. The van der Waals surface area contributed by atoms with E-state index in [-0.39, 0.29) is 5.75 Å². The van der Waals surface area contributed by atoms with Crippen LogP contribution in [-0.2, 0) is 9.84 Å². The summed E-state index contributed by atoms with van der Waals surface area (Å²) in [5.41, 5.74) is 0. The number of rotatable bonds is 10. The van der Waals surface area contributed by atoms with Gasteiger partial charge in [-0.25, -0.2) is 8.42 Å². The minimum Gasteiger partial charge on any atom is -0.392 e. The van der Waals surface area contributed by atoms with E-state index in [1.54, 1.807) is 30.3 Å². The zero-order chi connectivity index (χ0) is 17.0. The third kappa shape index (κ3) is 8.78. The van der Waals surface area contributed by atoms with E-state index in [2.05, 4.69) is 18.8 Å². The molecule has 128 valence electrons. The number of sulfone groups is 1. The first kappa shape index (κ1) is 19.7. The van der Waals surface area contributed by atoms with Crippen molar-refractivity contribution in [2.24, 2.45) is 0 Å². The summed E-state index contributed by atoms with van der Waals surface area (Å²) < 4.78 is 24.0. The Balaban J connectivity index is 2.24. The highest BCUT2D eigenvalue weighted by Gasteiger charge is 2.11. The van der Waals surface area contributed by atoms with Crippen LogP contribution in [0.25, 0.3) is 0 Å². The number of benzene rings is 1. The second-order valence-corrected chi connectivity index (χ2v) is 7.83. The molecule has 4 heteroatoms. The number of hydrogen-bond acceptors (Lipinski definition) is 3. The van der Waals surface area contributed by atoms with Crippen molar-refractivity contribution in [2.45, 2.75) is 69.3 Å². The monoisotopic (exact) mass is 336 g/mol. The SMILES string of the molecule is CCCCCCCCC(O)CC#CCS(=O)(=O)c1ccccc1. The van der Waals surface area contributed by atoms with Gasteiger partial charge in [0.2, 0.25) is 0 Å². The normalized spacial score (nSPS) is 12.4. The van der Waals surface area contributed by atoms with Crippen LogP contribution in [0.15, 0.2) is 35.2 Å². The van der Waals surface area contributed by atoms with Gasteiger partial charge in [-0.3, -0.25) is 0 Å². The molecule has 1 N–H and O–H groups in total. The van der Waals surface area contributed by atoms with Gasteiger partial charge in [0.1, 0.15) is 5.75 Å². The maximum Gasteiger partial charge on any atom is 0.189 e. The van der Waals surface area contributed by atoms with Crippen molar-refractivity contribution in [1.82, 2.24) is 0 Å². The summed E-state index contributed by atoms with van der Waals surface area (Å²) in [6, 6.07) is 8.33. The van der Waals surface area contributed by atoms with Crippen LogP contribution in [0.3, 0.4) is 0 Å². The van der Waals surface area contributed by atoms with Gasteiger partial charge in [-0.2, -0.15) is 0 Å². The molecule has 0 aliphatic heterocycles. The fourth-order valence-electron chi connectivity index (χ4n) is 2.31. The predicted molar refractivity (Wildman–Crippen MR) is 94.9 cm³/mol. The maximum absolute atomic E-state index is 12.0. The van der Waals surface area contributed by atoms with E-state index < -0.39 is 15.9 Å². The van der Waals surface area contributed by atoms with Gasteiger partial charge in [0, 0.05) is 6.42 Å². The van der Waals surface area contributed by atoms with Crippen LogP contribution in [0.2, 0.25) is 0 Å². The summed E-state index contributed by atoms with van der Waals surface area (Å²) in [5.74, 6) is 5.27. The molecule has 1 atom stereocenters. The molecule has 1 aromatic carbocycles. The molecular weight excluding hydrogens is 308 g/mol. The molecule has 1 aromatic rings. The molecule has 0 fully saturated rings. The largest absolute Gasteiger partial charge is 0.392 e. The third-order valence-corrected chi connectivity index (χ3v) is 5.23. The summed E-state index contributed by atoms with van der Waals surface area (Å²) >= 11 is 0. The maximum atomic E-state index is 12.0. The lowest BCUT2D eigenvalue weighted by atomic mass is 10.1. The van der Waals surface area contributed by atoms with Crippen LogP contribution in [0.4, 0.5) is 0 Å². The minimum absolute atomic E-state index is 0.194. The Hall–Kier alpha value is -1.31. The summed E-state index contributed by atoms with van der Waals surface area (Å²) in [6.07, 6.45) is 7.81. The van der Waals surface area contributed by atoms with Gasteiger partial charge in [-0.15, -0.1) is 0 Å². The molecule has 0 radical (unpaired) electrons. The van der Waals surface area contributed by atoms with Crippen molar-refractivity contribution < 1.29 is 13.5 Å². The van der Waals surface area contributed by atoms with Crippen LogP contribution in [-0.4, -0.2) is 25.4 Å². The highest BCUT2D eigenvalue weighted by Crippen LogP contribution is 2.11. The first-order chi connectivity index (χ1) is 11.1. The zero-order valence-corrected chi connectivity index (χ0v) is 14.8. The summed E-state index contributed by atoms with van der Waals surface area (Å²) in [7, 11) is -3.34. The predicted octanol–water partition coefficient (Wildman–Crippen LogP) is 3.97. The Kier molecular flexibility index (Phi) is 9.66. The molecule has 0 spiro atoms. The van der Waals surface area contributed by atoms with E-state index >= 15 is 0 Å². The van der Waals surface area contributed by atoms with Crippen molar-refractivity contribution in [3.8, 4) is 11.8 Å². The summed E-state index contributed by atoms with van der Waals surface area (Å²) in [6.45, 7) is 2.19. The van der Waals surface area contributed by atoms with Crippen molar-refractivity contribution >= 4 is 9.84 Å². The Labute approximate surface area is 141 Å². The van der Waals surface area contributed by atoms with E-state index in [0.29, 0.717) is 11.3 Å². The molecule has 0 heterocycles. The van der Waals surface area contributed by atoms with E-state index in [1.807, 2.05) is 0 Å². The molecular formula is C19H28O3S. The quantitative estimate of drug-likeness (QED) is 0.520. The molecule has 0 aliphatic rings. The zero-order valence-electron chi connectivity index (χ0n) is 14.0. The first-order valence-corrected chi connectivity index (χ1v) is 10.1. The van der Waals surface area contributed by atoms with Gasteiger partial charge in [0.15, 0.2) is 9.84 Å². The molecule has 0 bridgehead atoms. The Bertz CT molecular complexity index is 582. The van der Waals surface area contributed by atoms with E-state index in [9.17, 15) is 13.5 Å². The topological polar surface area (TPSA) is 54.4 Å². The fraction of sp³-hybridized carbons (Fsp3) is 0.579. The molecule has 0 amide bonds. The lowest BCUT2D eigenvalue weighted by Gasteiger charge is -2.06. The van der Waals surface area contributed by atoms with Gasteiger partial charge in [-0.05, 0) is 18.6 Å². The van der Waals surface area contributed by atoms with E-state index in [0.717, 1.165) is 19.3 Å². The van der Waals surface area contributed by atoms with E-state index in [1.165, 1.54) is 25.7 Å².